The van der Waals surface area contributed by atoms with Crippen molar-refractivity contribution in [3.8, 4) is 23.6 Å². The maximum Gasteiger partial charge on any atom is 0.130 e. The minimum atomic E-state index is -0.0103. The van der Waals surface area contributed by atoms with Crippen LogP contribution >= 0.6 is 0 Å². The van der Waals surface area contributed by atoms with Gasteiger partial charge in [-0.05, 0) is 63.6 Å². The van der Waals surface area contributed by atoms with Crippen molar-refractivity contribution >= 4 is 11.6 Å². The minimum absolute atomic E-state index is 0.0103. The van der Waals surface area contributed by atoms with Gasteiger partial charge in [-0.3, -0.25) is 0 Å². The lowest BCUT2D eigenvalue weighted by molar-refractivity contribution is 0.229. The first-order valence-electron chi connectivity index (χ1n) is 8.52. The predicted molar refractivity (Wildman–Crippen MR) is 103 cm³/mol. The summed E-state index contributed by atoms with van der Waals surface area (Å²) in [5.74, 6) is 1.38. The van der Waals surface area contributed by atoms with Crippen molar-refractivity contribution in [3.63, 3.8) is 0 Å². The van der Waals surface area contributed by atoms with Crippen LogP contribution in [0.3, 0.4) is 0 Å². The molecule has 4 heteroatoms. The summed E-state index contributed by atoms with van der Waals surface area (Å²) in [4.78, 5) is 0. The Morgan fingerprint density at radius 2 is 1.69 bits per heavy atom. The van der Waals surface area contributed by atoms with E-state index in [4.69, 9.17) is 14.7 Å². The van der Waals surface area contributed by atoms with Crippen molar-refractivity contribution in [2.45, 2.75) is 39.9 Å². The quantitative estimate of drug-likeness (QED) is 0.533. The van der Waals surface area contributed by atoms with Gasteiger partial charge in [-0.2, -0.15) is 10.5 Å². The van der Waals surface area contributed by atoms with E-state index in [1.165, 1.54) is 0 Å². The molecule has 2 aromatic rings. The molecule has 0 aromatic heterocycles. The lowest BCUT2D eigenvalue weighted by Gasteiger charge is -2.16. The molecule has 0 spiro atoms. The zero-order valence-corrected chi connectivity index (χ0v) is 15.5. The molecule has 0 N–H and O–H groups in total. The van der Waals surface area contributed by atoms with E-state index in [2.05, 4.69) is 12.1 Å². The molecule has 0 aliphatic heterocycles. The number of nitrogens with zero attached hydrogens (tertiary/aromatic N) is 2. The number of ether oxygens (including phenoxy) is 2. The lowest BCUT2D eigenvalue weighted by atomic mass is 10.0. The normalized spacial score (nSPS) is 11.2. The van der Waals surface area contributed by atoms with E-state index in [9.17, 15) is 5.26 Å². The maximum atomic E-state index is 9.58. The van der Waals surface area contributed by atoms with E-state index < -0.39 is 0 Å². The van der Waals surface area contributed by atoms with Crippen LogP contribution in [0.2, 0.25) is 0 Å². The van der Waals surface area contributed by atoms with Gasteiger partial charge in [0.1, 0.15) is 11.5 Å². The number of rotatable bonds is 6. The smallest absolute Gasteiger partial charge is 0.130 e. The third-order valence-electron chi connectivity index (χ3n) is 3.44. The summed E-state index contributed by atoms with van der Waals surface area (Å²) in [6, 6.07) is 16.9. The van der Waals surface area contributed by atoms with Crippen molar-refractivity contribution < 1.29 is 9.47 Å². The van der Waals surface area contributed by atoms with Crippen molar-refractivity contribution in [1.29, 1.82) is 10.5 Å². The van der Waals surface area contributed by atoms with E-state index >= 15 is 0 Å². The maximum absolute atomic E-state index is 9.58. The molecule has 0 radical (unpaired) electrons. The Kier molecular flexibility index (Phi) is 6.42. The first-order valence-corrected chi connectivity index (χ1v) is 8.52. The third-order valence-corrected chi connectivity index (χ3v) is 3.44. The molecule has 0 unspecified atom stereocenters. The van der Waals surface area contributed by atoms with Crippen LogP contribution in [0.15, 0.2) is 42.5 Å². The number of benzene rings is 2. The molecular formula is C22H22N2O2. The molecule has 4 nitrogen and oxygen atoms in total. The van der Waals surface area contributed by atoms with Crippen LogP contribution in [0.25, 0.3) is 11.6 Å². The van der Waals surface area contributed by atoms with E-state index in [-0.39, 0.29) is 12.2 Å². The molecule has 0 atom stereocenters. The number of nitriles is 2. The van der Waals surface area contributed by atoms with Crippen molar-refractivity contribution in [2.75, 3.05) is 0 Å². The fourth-order valence-corrected chi connectivity index (χ4v) is 2.43. The highest BCUT2D eigenvalue weighted by atomic mass is 16.5. The van der Waals surface area contributed by atoms with E-state index in [1.54, 1.807) is 24.3 Å². The van der Waals surface area contributed by atoms with Crippen molar-refractivity contribution in [1.82, 2.24) is 0 Å². The molecule has 0 saturated carbocycles. The second-order valence-electron chi connectivity index (χ2n) is 6.40. The van der Waals surface area contributed by atoms with Gasteiger partial charge in [0.2, 0.25) is 0 Å². The van der Waals surface area contributed by atoms with Crippen LogP contribution in [0, 0.1) is 22.7 Å². The summed E-state index contributed by atoms with van der Waals surface area (Å²) in [7, 11) is 0. The molecule has 0 fully saturated rings. The molecule has 0 amide bonds. The van der Waals surface area contributed by atoms with Crippen LogP contribution in [-0.2, 0) is 0 Å². The van der Waals surface area contributed by atoms with Gasteiger partial charge in [-0.25, -0.2) is 0 Å². The molecule has 0 aliphatic carbocycles. The highest BCUT2D eigenvalue weighted by Gasteiger charge is 2.10. The summed E-state index contributed by atoms with van der Waals surface area (Å²) in [6.45, 7) is 7.83. The highest BCUT2D eigenvalue weighted by molar-refractivity contribution is 5.91. The van der Waals surface area contributed by atoms with Gasteiger partial charge in [-0.15, -0.1) is 0 Å². The van der Waals surface area contributed by atoms with Gasteiger partial charge in [0, 0.05) is 11.6 Å². The lowest BCUT2D eigenvalue weighted by Crippen LogP contribution is -2.09. The van der Waals surface area contributed by atoms with Gasteiger partial charge in [-0.1, -0.05) is 12.1 Å². The Hall–Kier alpha value is -3.24. The molecule has 0 saturated heterocycles. The number of allylic oxidation sites excluding steroid dienone is 1. The molecule has 0 bridgehead atoms. The Labute approximate surface area is 154 Å². The third kappa shape index (κ3) is 5.13. The first-order chi connectivity index (χ1) is 12.4. The standard InChI is InChI=1S/C22H22N2O2/c1-15(2)25-21-9-8-19(22(12-21)26-16(3)4)11-20(14-24)18-7-5-6-17(10-18)13-23/h5-12,15-16H,1-4H3/b20-11-. The van der Waals surface area contributed by atoms with Gasteiger partial charge >= 0.3 is 0 Å². The molecule has 0 heterocycles. The monoisotopic (exact) mass is 346 g/mol. The van der Waals surface area contributed by atoms with E-state index in [0.29, 0.717) is 22.4 Å². The number of hydrogen-bond acceptors (Lipinski definition) is 4. The van der Waals surface area contributed by atoms with Gasteiger partial charge in [0.15, 0.2) is 0 Å². The summed E-state index contributed by atoms with van der Waals surface area (Å²) >= 11 is 0. The molecule has 132 valence electrons. The van der Waals surface area contributed by atoms with Crippen LogP contribution < -0.4 is 9.47 Å². The van der Waals surface area contributed by atoms with Gasteiger partial charge in [0.25, 0.3) is 0 Å². The number of hydrogen-bond donors (Lipinski definition) is 0. The summed E-state index contributed by atoms with van der Waals surface area (Å²) < 4.78 is 11.6. The molecule has 0 aliphatic rings. The second-order valence-corrected chi connectivity index (χ2v) is 6.40. The van der Waals surface area contributed by atoms with Crippen LogP contribution in [-0.4, -0.2) is 12.2 Å². The molecule has 26 heavy (non-hydrogen) atoms. The largest absolute Gasteiger partial charge is 0.491 e. The Morgan fingerprint density at radius 1 is 0.962 bits per heavy atom. The first kappa shape index (κ1) is 19.1. The fourth-order valence-electron chi connectivity index (χ4n) is 2.43. The second kappa shape index (κ2) is 8.74. The highest BCUT2D eigenvalue weighted by Crippen LogP contribution is 2.30. The van der Waals surface area contributed by atoms with Crippen molar-refractivity contribution in [3.05, 3.63) is 59.2 Å². The Morgan fingerprint density at radius 3 is 2.31 bits per heavy atom. The topological polar surface area (TPSA) is 66.0 Å². The average Bonchev–Trinajstić information content (AvgIpc) is 2.60. The molecule has 2 rings (SSSR count). The SMILES string of the molecule is CC(C)Oc1ccc(/C=C(/C#N)c2cccc(C#N)c2)c(OC(C)C)c1. The van der Waals surface area contributed by atoms with Gasteiger partial charge in [0.05, 0.1) is 35.5 Å². The Bertz CT molecular complexity index is 884. The summed E-state index contributed by atoms with van der Waals surface area (Å²) in [5, 5.41) is 18.6. The summed E-state index contributed by atoms with van der Waals surface area (Å²) in [6.07, 6.45) is 1.82. The van der Waals surface area contributed by atoms with Gasteiger partial charge < -0.3 is 9.47 Å². The predicted octanol–water partition coefficient (Wildman–Crippen LogP) is 5.20. The zero-order chi connectivity index (χ0) is 19.1. The van der Waals surface area contributed by atoms with E-state index in [0.717, 1.165) is 11.3 Å². The zero-order valence-electron chi connectivity index (χ0n) is 15.5. The fraction of sp³-hybridized carbons (Fsp3) is 0.273. The van der Waals surface area contributed by atoms with Crippen molar-refractivity contribution in [2.24, 2.45) is 0 Å². The van der Waals surface area contributed by atoms with Crippen LogP contribution in [0.4, 0.5) is 0 Å². The van der Waals surface area contributed by atoms with E-state index in [1.807, 2.05) is 52.0 Å². The Balaban J connectivity index is 2.48. The molecule has 2 aromatic carbocycles. The van der Waals surface area contributed by atoms with Crippen LogP contribution in [0.5, 0.6) is 11.5 Å². The van der Waals surface area contributed by atoms with Crippen LogP contribution in [0.1, 0.15) is 44.4 Å². The summed E-state index contributed by atoms with van der Waals surface area (Å²) in [5.41, 5.74) is 2.47. The molecular weight excluding hydrogens is 324 g/mol. The minimum Gasteiger partial charge on any atom is -0.491 e. The average molecular weight is 346 g/mol.